The van der Waals surface area contributed by atoms with Crippen LogP contribution in [0.5, 0.6) is 0 Å². The zero-order valence-corrected chi connectivity index (χ0v) is 13.3. The van der Waals surface area contributed by atoms with Gasteiger partial charge in [0.25, 0.3) is 0 Å². The van der Waals surface area contributed by atoms with Crippen LogP contribution in [-0.2, 0) is 9.59 Å². The Hall–Kier alpha value is -2.35. The molecule has 0 spiro atoms. The first kappa shape index (κ1) is 17.7. The fraction of sp³-hybridized carbons (Fsp3) is 0.471. The van der Waals surface area contributed by atoms with Crippen LogP contribution < -0.4 is 5.32 Å². The maximum atomic E-state index is 11.9. The Bertz CT molecular complexity index is 532. The van der Waals surface area contributed by atoms with Crippen LogP contribution in [0, 0.1) is 11.3 Å². The average Bonchev–Trinajstić information content (AvgIpc) is 2.51. The fourth-order valence-electron chi connectivity index (χ4n) is 2.07. The lowest BCUT2D eigenvalue weighted by molar-refractivity contribution is -0.129. The minimum Gasteiger partial charge on any atom is -0.342 e. The Labute approximate surface area is 131 Å². The molecule has 0 atom stereocenters. The third-order valence-electron chi connectivity index (χ3n) is 3.38. The van der Waals surface area contributed by atoms with Crippen LogP contribution in [0.4, 0.5) is 5.69 Å². The summed E-state index contributed by atoms with van der Waals surface area (Å²) in [5, 5.41) is 11.5. The number of unbranched alkanes of at least 4 members (excludes halogenated alkanes) is 2. The average molecular weight is 301 g/mol. The Morgan fingerprint density at radius 2 is 1.86 bits per heavy atom. The van der Waals surface area contributed by atoms with Crippen molar-refractivity contribution >= 4 is 17.5 Å². The smallest absolute Gasteiger partial charge is 0.226 e. The van der Waals surface area contributed by atoms with Crippen molar-refractivity contribution in [1.29, 1.82) is 5.26 Å². The summed E-state index contributed by atoms with van der Waals surface area (Å²) in [6, 6.07) is 8.73. The van der Waals surface area contributed by atoms with Crippen LogP contribution in [0.15, 0.2) is 24.3 Å². The first-order chi connectivity index (χ1) is 10.6. The second-order valence-electron chi connectivity index (χ2n) is 5.20. The van der Waals surface area contributed by atoms with E-state index in [2.05, 4.69) is 12.2 Å². The minimum atomic E-state index is -0.133. The van der Waals surface area contributed by atoms with Gasteiger partial charge in [-0.25, -0.2) is 0 Å². The summed E-state index contributed by atoms with van der Waals surface area (Å²) in [4.78, 5) is 25.2. The van der Waals surface area contributed by atoms with Crippen LogP contribution >= 0.6 is 0 Å². The molecule has 118 valence electrons. The Balaban J connectivity index is 2.42. The quantitative estimate of drug-likeness (QED) is 0.750. The molecule has 0 aliphatic rings. The molecule has 1 aromatic carbocycles. The van der Waals surface area contributed by atoms with E-state index in [1.807, 2.05) is 6.07 Å². The van der Waals surface area contributed by atoms with Gasteiger partial charge in [0.05, 0.1) is 11.6 Å². The molecular formula is C17H23N3O2. The lowest BCUT2D eigenvalue weighted by atomic mass is 10.2. The lowest BCUT2D eigenvalue weighted by Crippen LogP contribution is -2.32. The van der Waals surface area contributed by atoms with Crippen molar-refractivity contribution in [1.82, 2.24) is 4.90 Å². The standard InChI is InChI=1S/C17H23N3O2/c1-3-4-5-11-20(14(2)21)12-10-17(22)19-16-8-6-15(13-18)7-9-16/h6-9H,3-5,10-12H2,1-2H3,(H,19,22). The molecule has 0 radical (unpaired) electrons. The number of hydrogen-bond donors (Lipinski definition) is 1. The number of nitrogens with zero attached hydrogens (tertiary/aromatic N) is 2. The molecule has 0 aromatic heterocycles. The molecule has 1 aromatic rings. The van der Waals surface area contributed by atoms with Crippen molar-refractivity contribution in [2.45, 2.75) is 39.5 Å². The number of carbonyl (C=O) groups is 2. The molecule has 22 heavy (non-hydrogen) atoms. The Kier molecular flexibility index (Phi) is 7.69. The van der Waals surface area contributed by atoms with E-state index in [1.165, 1.54) is 6.92 Å². The molecule has 0 aliphatic heterocycles. The van der Waals surface area contributed by atoms with Crippen LogP contribution in [-0.4, -0.2) is 29.8 Å². The van der Waals surface area contributed by atoms with Gasteiger partial charge in [-0.1, -0.05) is 19.8 Å². The van der Waals surface area contributed by atoms with Gasteiger partial charge < -0.3 is 10.2 Å². The highest BCUT2D eigenvalue weighted by atomic mass is 16.2. The van der Waals surface area contributed by atoms with Crippen LogP contribution in [0.25, 0.3) is 0 Å². The summed E-state index contributed by atoms with van der Waals surface area (Å²) in [7, 11) is 0. The summed E-state index contributed by atoms with van der Waals surface area (Å²) in [5.74, 6) is -0.131. The summed E-state index contributed by atoms with van der Waals surface area (Å²) in [6.45, 7) is 4.78. The molecule has 0 saturated carbocycles. The Morgan fingerprint density at radius 3 is 2.41 bits per heavy atom. The molecule has 0 fully saturated rings. The van der Waals surface area contributed by atoms with Gasteiger partial charge in [0, 0.05) is 32.1 Å². The zero-order chi connectivity index (χ0) is 16.4. The first-order valence-electron chi connectivity index (χ1n) is 7.62. The van der Waals surface area contributed by atoms with Gasteiger partial charge in [-0.15, -0.1) is 0 Å². The van der Waals surface area contributed by atoms with Gasteiger partial charge in [-0.3, -0.25) is 9.59 Å². The van der Waals surface area contributed by atoms with Crippen molar-refractivity contribution in [3.8, 4) is 6.07 Å². The number of carbonyl (C=O) groups excluding carboxylic acids is 2. The van der Waals surface area contributed by atoms with E-state index in [0.29, 0.717) is 24.3 Å². The number of nitriles is 1. The van der Waals surface area contributed by atoms with E-state index in [0.717, 1.165) is 19.3 Å². The monoisotopic (exact) mass is 301 g/mol. The van der Waals surface area contributed by atoms with Gasteiger partial charge in [-0.05, 0) is 30.7 Å². The number of rotatable bonds is 8. The van der Waals surface area contributed by atoms with Crippen molar-refractivity contribution in [2.24, 2.45) is 0 Å². The maximum absolute atomic E-state index is 11.9. The third-order valence-corrected chi connectivity index (χ3v) is 3.38. The minimum absolute atomic E-state index is 0.00211. The number of hydrogen-bond acceptors (Lipinski definition) is 3. The van der Waals surface area contributed by atoms with Gasteiger partial charge in [0.15, 0.2) is 0 Å². The number of amides is 2. The number of benzene rings is 1. The third kappa shape index (κ3) is 6.40. The molecule has 2 amide bonds. The van der Waals surface area contributed by atoms with Gasteiger partial charge in [-0.2, -0.15) is 5.26 Å². The molecule has 0 unspecified atom stereocenters. The molecule has 0 bridgehead atoms. The number of nitrogens with one attached hydrogen (secondary N) is 1. The van der Waals surface area contributed by atoms with E-state index >= 15 is 0 Å². The summed E-state index contributed by atoms with van der Waals surface area (Å²) in [5.41, 5.74) is 1.21. The lowest BCUT2D eigenvalue weighted by Gasteiger charge is -2.20. The van der Waals surface area contributed by atoms with E-state index in [9.17, 15) is 9.59 Å². The molecule has 0 aliphatic carbocycles. The van der Waals surface area contributed by atoms with Crippen molar-refractivity contribution in [3.63, 3.8) is 0 Å². The molecular weight excluding hydrogens is 278 g/mol. The number of anilines is 1. The molecule has 5 nitrogen and oxygen atoms in total. The second-order valence-corrected chi connectivity index (χ2v) is 5.20. The molecule has 0 saturated heterocycles. The molecule has 1 rings (SSSR count). The highest BCUT2D eigenvalue weighted by Crippen LogP contribution is 2.09. The normalized spacial score (nSPS) is 9.86. The van der Waals surface area contributed by atoms with Crippen LogP contribution in [0.1, 0.15) is 45.1 Å². The molecule has 5 heteroatoms. The van der Waals surface area contributed by atoms with Crippen molar-refractivity contribution in [3.05, 3.63) is 29.8 Å². The van der Waals surface area contributed by atoms with E-state index in [-0.39, 0.29) is 18.2 Å². The molecule has 0 heterocycles. The largest absolute Gasteiger partial charge is 0.342 e. The summed E-state index contributed by atoms with van der Waals surface area (Å²) >= 11 is 0. The van der Waals surface area contributed by atoms with Crippen LogP contribution in [0.3, 0.4) is 0 Å². The van der Waals surface area contributed by atoms with Gasteiger partial charge in [0.1, 0.15) is 0 Å². The highest BCUT2D eigenvalue weighted by Gasteiger charge is 2.11. The van der Waals surface area contributed by atoms with E-state index in [1.54, 1.807) is 29.2 Å². The van der Waals surface area contributed by atoms with Gasteiger partial charge in [0.2, 0.25) is 11.8 Å². The molecule has 1 N–H and O–H groups in total. The highest BCUT2D eigenvalue weighted by molar-refractivity contribution is 5.91. The zero-order valence-electron chi connectivity index (χ0n) is 13.3. The fourth-order valence-corrected chi connectivity index (χ4v) is 2.07. The van der Waals surface area contributed by atoms with Crippen LogP contribution in [0.2, 0.25) is 0 Å². The predicted molar refractivity (Wildman–Crippen MR) is 86.2 cm³/mol. The topological polar surface area (TPSA) is 73.2 Å². The maximum Gasteiger partial charge on any atom is 0.226 e. The first-order valence-corrected chi connectivity index (χ1v) is 7.62. The Morgan fingerprint density at radius 1 is 1.18 bits per heavy atom. The second kappa shape index (κ2) is 9.56. The van der Waals surface area contributed by atoms with E-state index < -0.39 is 0 Å². The predicted octanol–water partition coefficient (Wildman–Crippen LogP) is 2.93. The van der Waals surface area contributed by atoms with Gasteiger partial charge >= 0.3 is 0 Å². The van der Waals surface area contributed by atoms with Crippen molar-refractivity contribution in [2.75, 3.05) is 18.4 Å². The summed E-state index contributed by atoms with van der Waals surface area (Å²) in [6.07, 6.45) is 3.42. The van der Waals surface area contributed by atoms with E-state index in [4.69, 9.17) is 5.26 Å². The SMILES string of the molecule is CCCCCN(CCC(=O)Nc1ccc(C#N)cc1)C(C)=O. The summed E-state index contributed by atoms with van der Waals surface area (Å²) < 4.78 is 0. The van der Waals surface area contributed by atoms with Crippen molar-refractivity contribution < 1.29 is 9.59 Å².